The summed E-state index contributed by atoms with van der Waals surface area (Å²) in [5, 5.41) is 0. The number of amides is 1. The van der Waals surface area contributed by atoms with Gasteiger partial charge in [0.15, 0.2) is 0 Å². The van der Waals surface area contributed by atoms with Gasteiger partial charge >= 0.3 is 0 Å². The molecule has 0 aromatic heterocycles. The van der Waals surface area contributed by atoms with Crippen molar-refractivity contribution in [2.75, 3.05) is 25.5 Å². The maximum atomic E-state index is 11.6. The molecule has 0 unspecified atom stereocenters. The molecule has 2 rings (SSSR count). The largest absolute Gasteiger partial charge is 0.340 e. The van der Waals surface area contributed by atoms with E-state index in [0.29, 0.717) is 6.04 Å². The van der Waals surface area contributed by atoms with Crippen LogP contribution < -0.4 is 0 Å². The number of halogens is 1. The van der Waals surface area contributed by atoms with Gasteiger partial charge in [0.1, 0.15) is 5.88 Å². The molecule has 1 saturated heterocycles. The summed E-state index contributed by atoms with van der Waals surface area (Å²) in [5.41, 5.74) is 1.33. The van der Waals surface area contributed by atoms with E-state index >= 15 is 0 Å². The lowest BCUT2D eigenvalue weighted by atomic mass is 10.1. The van der Waals surface area contributed by atoms with Gasteiger partial charge in [-0.2, -0.15) is 0 Å². The molecule has 1 aromatic rings. The number of hydrogen-bond acceptors (Lipinski definition) is 2. The van der Waals surface area contributed by atoms with Crippen LogP contribution >= 0.6 is 11.6 Å². The van der Waals surface area contributed by atoms with Crippen LogP contribution in [0.25, 0.3) is 0 Å². The first-order valence-corrected chi connectivity index (χ1v) is 7.39. The summed E-state index contributed by atoms with van der Waals surface area (Å²) in [6, 6.07) is 10.9. The van der Waals surface area contributed by atoms with Gasteiger partial charge < -0.3 is 4.90 Å². The van der Waals surface area contributed by atoms with E-state index in [2.05, 4.69) is 36.1 Å². The summed E-state index contributed by atoms with van der Waals surface area (Å²) in [6.07, 6.45) is 1.04. The molecule has 0 aliphatic carbocycles. The number of nitrogens with zero attached hydrogens (tertiary/aromatic N) is 2. The van der Waals surface area contributed by atoms with E-state index in [1.54, 1.807) is 0 Å². The van der Waals surface area contributed by atoms with Crippen molar-refractivity contribution in [2.24, 2.45) is 0 Å². The van der Waals surface area contributed by atoms with E-state index in [4.69, 9.17) is 11.6 Å². The average Bonchev–Trinajstić information content (AvgIpc) is 2.94. The molecule has 1 heterocycles. The number of alkyl halides is 1. The van der Waals surface area contributed by atoms with Crippen LogP contribution in [0, 0.1) is 0 Å². The molecule has 1 aromatic carbocycles. The molecule has 4 heteroatoms. The van der Waals surface area contributed by atoms with E-state index in [9.17, 15) is 4.79 Å². The molecule has 19 heavy (non-hydrogen) atoms. The van der Waals surface area contributed by atoms with E-state index in [-0.39, 0.29) is 11.8 Å². The van der Waals surface area contributed by atoms with Crippen molar-refractivity contribution < 1.29 is 4.79 Å². The Bertz CT molecular complexity index is 410. The number of hydrogen-bond donors (Lipinski definition) is 0. The number of likely N-dealkylation sites (tertiary alicyclic amines) is 1. The van der Waals surface area contributed by atoms with Gasteiger partial charge in [0.2, 0.25) is 5.91 Å². The van der Waals surface area contributed by atoms with Gasteiger partial charge in [-0.15, -0.1) is 11.6 Å². The van der Waals surface area contributed by atoms with Crippen LogP contribution in [0.3, 0.4) is 0 Å². The molecule has 0 saturated carbocycles. The molecular formula is C15H21ClN2O. The number of rotatable bonds is 5. The van der Waals surface area contributed by atoms with Gasteiger partial charge in [0.25, 0.3) is 0 Å². The fraction of sp³-hybridized carbons (Fsp3) is 0.533. The number of benzene rings is 1. The summed E-state index contributed by atoms with van der Waals surface area (Å²) in [4.78, 5) is 15.9. The summed E-state index contributed by atoms with van der Waals surface area (Å²) in [6.45, 7) is 5.77. The molecule has 1 aliphatic heterocycles. The molecule has 0 bridgehead atoms. The quantitative estimate of drug-likeness (QED) is 0.773. The zero-order chi connectivity index (χ0) is 13.7. The van der Waals surface area contributed by atoms with Crippen molar-refractivity contribution in [3.8, 4) is 0 Å². The summed E-state index contributed by atoms with van der Waals surface area (Å²) in [5.74, 6) is 0.150. The Morgan fingerprint density at radius 2 is 2.16 bits per heavy atom. The Hall–Kier alpha value is -1.06. The lowest BCUT2D eigenvalue weighted by molar-refractivity contribution is -0.127. The maximum Gasteiger partial charge on any atom is 0.237 e. The van der Waals surface area contributed by atoms with E-state index in [1.165, 1.54) is 5.56 Å². The lowest BCUT2D eigenvalue weighted by Crippen LogP contribution is -2.38. The van der Waals surface area contributed by atoms with Crippen molar-refractivity contribution in [1.82, 2.24) is 9.80 Å². The van der Waals surface area contributed by atoms with Crippen LogP contribution in [0.1, 0.15) is 18.9 Å². The molecule has 1 atom stereocenters. The van der Waals surface area contributed by atoms with Gasteiger partial charge in [-0.1, -0.05) is 37.3 Å². The molecule has 0 N–H and O–H groups in total. The first kappa shape index (κ1) is 14.4. The molecule has 0 spiro atoms. The molecule has 0 radical (unpaired) electrons. The fourth-order valence-electron chi connectivity index (χ4n) is 2.67. The Kier molecular flexibility index (Phi) is 5.23. The van der Waals surface area contributed by atoms with E-state index < -0.39 is 0 Å². The standard InChI is InChI=1S/C15H21ClN2O/c1-2-17(11-13-6-4-3-5-7-13)14-8-9-18(12-14)15(19)10-16/h3-7,14H,2,8-12H2,1H3/t14-/m1/s1. The highest BCUT2D eigenvalue weighted by Gasteiger charge is 2.29. The highest BCUT2D eigenvalue weighted by Crippen LogP contribution is 2.18. The fourth-order valence-corrected chi connectivity index (χ4v) is 2.84. The minimum atomic E-state index is 0.0555. The minimum Gasteiger partial charge on any atom is -0.340 e. The average molecular weight is 281 g/mol. The van der Waals surface area contributed by atoms with Gasteiger partial charge in [0.05, 0.1) is 0 Å². The summed E-state index contributed by atoms with van der Waals surface area (Å²) in [7, 11) is 0. The molecular weight excluding hydrogens is 260 g/mol. The second-order valence-electron chi connectivity index (χ2n) is 4.96. The third kappa shape index (κ3) is 3.71. The van der Waals surface area contributed by atoms with Crippen molar-refractivity contribution in [1.29, 1.82) is 0 Å². The van der Waals surface area contributed by atoms with Crippen molar-refractivity contribution in [3.63, 3.8) is 0 Å². The van der Waals surface area contributed by atoms with Gasteiger partial charge in [0, 0.05) is 25.7 Å². The van der Waals surface area contributed by atoms with Crippen molar-refractivity contribution >= 4 is 17.5 Å². The van der Waals surface area contributed by atoms with Crippen LogP contribution in [-0.2, 0) is 11.3 Å². The van der Waals surface area contributed by atoms with Crippen LogP contribution in [0.15, 0.2) is 30.3 Å². The zero-order valence-electron chi connectivity index (χ0n) is 11.4. The predicted octanol–water partition coefficient (Wildman–Crippen LogP) is 2.35. The third-order valence-corrected chi connectivity index (χ3v) is 4.01. The minimum absolute atomic E-state index is 0.0555. The number of carbonyl (C=O) groups is 1. The molecule has 1 amide bonds. The Labute approximate surface area is 120 Å². The molecule has 1 fully saturated rings. The third-order valence-electron chi connectivity index (χ3n) is 3.78. The van der Waals surface area contributed by atoms with Gasteiger partial charge in [-0.05, 0) is 18.5 Å². The van der Waals surface area contributed by atoms with E-state index in [0.717, 1.165) is 32.6 Å². The highest BCUT2D eigenvalue weighted by molar-refractivity contribution is 6.27. The zero-order valence-corrected chi connectivity index (χ0v) is 12.1. The molecule has 1 aliphatic rings. The normalized spacial score (nSPS) is 19.1. The first-order chi connectivity index (χ1) is 9.24. The van der Waals surface area contributed by atoms with E-state index in [1.807, 2.05) is 11.0 Å². The topological polar surface area (TPSA) is 23.6 Å². The summed E-state index contributed by atoms with van der Waals surface area (Å²) < 4.78 is 0. The van der Waals surface area contributed by atoms with Crippen LogP contribution in [-0.4, -0.2) is 47.3 Å². The second-order valence-corrected chi connectivity index (χ2v) is 5.23. The number of carbonyl (C=O) groups excluding carboxylic acids is 1. The SMILES string of the molecule is CCN(Cc1ccccc1)[C@@H]1CCN(C(=O)CCl)C1. The molecule has 3 nitrogen and oxygen atoms in total. The maximum absolute atomic E-state index is 11.6. The van der Waals surface area contributed by atoms with Crippen LogP contribution in [0.4, 0.5) is 0 Å². The van der Waals surface area contributed by atoms with Crippen molar-refractivity contribution in [2.45, 2.75) is 25.9 Å². The second kappa shape index (κ2) is 6.92. The first-order valence-electron chi connectivity index (χ1n) is 6.86. The monoisotopic (exact) mass is 280 g/mol. The van der Waals surface area contributed by atoms with Gasteiger partial charge in [-0.3, -0.25) is 9.69 Å². The Morgan fingerprint density at radius 1 is 1.42 bits per heavy atom. The lowest BCUT2D eigenvalue weighted by Gasteiger charge is -2.27. The summed E-state index contributed by atoms with van der Waals surface area (Å²) >= 11 is 5.62. The predicted molar refractivity (Wildman–Crippen MR) is 78.2 cm³/mol. The highest BCUT2D eigenvalue weighted by atomic mass is 35.5. The van der Waals surface area contributed by atoms with Crippen LogP contribution in [0.5, 0.6) is 0 Å². The molecule has 104 valence electrons. The Balaban J connectivity index is 1.94. The van der Waals surface area contributed by atoms with Crippen molar-refractivity contribution in [3.05, 3.63) is 35.9 Å². The van der Waals surface area contributed by atoms with Crippen LogP contribution in [0.2, 0.25) is 0 Å². The van der Waals surface area contributed by atoms with Gasteiger partial charge in [-0.25, -0.2) is 0 Å². The smallest absolute Gasteiger partial charge is 0.237 e. The Morgan fingerprint density at radius 3 is 2.79 bits per heavy atom. The number of likely N-dealkylation sites (N-methyl/N-ethyl adjacent to an activating group) is 1.